The van der Waals surface area contributed by atoms with Crippen LogP contribution in [0.3, 0.4) is 0 Å². The fourth-order valence-corrected chi connectivity index (χ4v) is 2.80. The number of halogens is 1. The van der Waals surface area contributed by atoms with Crippen molar-refractivity contribution in [3.8, 4) is 5.75 Å². The van der Waals surface area contributed by atoms with Crippen molar-refractivity contribution in [2.45, 2.75) is 40.3 Å². The number of methoxy groups -OCH3 is 1. The Morgan fingerprint density at radius 1 is 1.43 bits per heavy atom. The molecule has 0 aliphatic rings. The SMILES string of the molecule is CCn1nc(C)c(C(C)NC(=O)c2ccc(F)c(OC)c2)c1C. The lowest BCUT2D eigenvalue weighted by atomic mass is 10.1. The summed E-state index contributed by atoms with van der Waals surface area (Å²) in [5.74, 6) is -0.719. The van der Waals surface area contributed by atoms with E-state index in [-0.39, 0.29) is 17.7 Å². The Morgan fingerprint density at radius 3 is 2.70 bits per heavy atom. The second-order valence-corrected chi connectivity index (χ2v) is 5.44. The Labute approximate surface area is 135 Å². The highest BCUT2D eigenvalue weighted by molar-refractivity contribution is 5.94. The molecule has 1 aromatic carbocycles. The van der Waals surface area contributed by atoms with Crippen LogP contribution in [0, 0.1) is 19.7 Å². The van der Waals surface area contributed by atoms with Crippen molar-refractivity contribution < 1.29 is 13.9 Å². The van der Waals surface area contributed by atoms with Crippen molar-refractivity contribution >= 4 is 5.91 Å². The van der Waals surface area contributed by atoms with Crippen molar-refractivity contribution in [1.29, 1.82) is 0 Å². The second-order valence-electron chi connectivity index (χ2n) is 5.44. The number of nitrogens with one attached hydrogen (secondary N) is 1. The van der Waals surface area contributed by atoms with Gasteiger partial charge in [0.15, 0.2) is 11.6 Å². The topological polar surface area (TPSA) is 56.2 Å². The summed E-state index contributed by atoms with van der Waals surface area (Å²) in [4.78, 5) is 12.4. The molecule has 5 nitrogen and oxygen atoms in total. The number of amides is 1. The van der Waals surface area contributed by atoms with Crippen molar-refractivity contribution in [3.63, 3.8) is 0 Å². The summed E-state index contributed by atoms with van der Waals surface area (Å²) in [5.41, 5.74) is 3.30. The standard InChI is InChI=1S/C17H22FN3O2/c1-6-21-12(4)16(11(3)20-21)10(2)19-17(22)13-7-8-14(18)15(9-13)23-5/h7-10H,6H2,1-5H3,(H,19,22). The van der Waals surface area contributed by atoms with Crippen molar-refractivity contribution in [3.05, 3.63) is 46.5 Å². The first-order chi connectivity index (χ1) is 10.9. The number of rotatable bonds is 5. The monoisotopic (exact) mass is 319 g/mol. The fraction of sp³-hybridized carbons (Fsp3) is 0.412. The third-order valence-electron chi connectivity index (χ3n) is 3.93. The van der Waals surface area contributed by atoms with Gasteiger partial charge in [-0.2, -0.15) is 5.10 Å². The molecule has 124 valence electrons. The lowest BCUT2D eigenvalue weighted by Gasteiger charge is -2.15. The number of carbonyl (C=O) groups excluding carboxylic acids is 1. The number of ether oxygens (including phenoxy) is 1. The summed E-state index contributed by atoms with van der Waals surface area (Å²) in [5, 5.41) is 7.40. The largest absolute Gasteiger partial charge is 0.494 e. The van der Waals surface area contributed by atoms with Gasteiger partial charge in [0.2, 0.25) is 0 Å². The molecule has 2 rings (SSSR count). The number of aryl methyl sites for hydroxylation is 2. The van der Waals surface area contributed by atoms with E-state index < -0.39 is 5.82 Å². The quantitative estimate of drug-likeness (QED) is 0.921. The van der Waals surface area contributed by atoms with E-state index in [2.05, 4.69) is 10.4 Å². The van der Waals surface area contributed by atoms with E-state index in [1.54, 1.807) is 0 Å². The van der Waals surface area contributed by atoms with Crippen LogP contribution in [0.2, 0.25) is 0 Å². The lowest BCUT2D eigenvalue weighted by molar-refractivity contribution is 0.0939. The van der Waals surface area contributed by atoms with E-state index >= 15 is 0 Å². The van der Waals surface area contributed by atoms with Crippen LogP contribution in [0.25, 0.3) is 0 Å². The van der Waals surface area contributed by atoms with Crippen LogP contribution in [0.1, 0.15) is 47.2 Å². The van der Waals surface area contributed by atoms with Crippen LogP contribution < -0.4 is 10.1 Å². The first-order valence-corrected chi connectivity index (χ1v) is 7.57. The Kier molecular flexibility index (Phi) is 5.03. The normalized spacial score (nSPS) is 12.1. The molecule has 0 aliphatic carbocycles. The molecule has 1 amide bonds. The van der Waals surface area contributed by atoms with E-state index in [1.165, 1.54) is 25.3 Å². The summed E-state index contributed by atoms with van der Waals surface area (Å²) in [6, 6.07) is 3.87. The summed E-state index contributed by atoms with van der Waals surface area (Å²) in [7, 11) is 1.37. The van der Waals surface area contributed by atoms with Gasteiger partial charge in [0, 0.05) is 23.4 Å². The number of hydrogen-bond acceptors (Lipinski definition) is 3. The zero-order valence-electron chi connectivity index (χ0n) is 14.1. The number of nitrogens with zero attached hydrogens (tertiary/aromatic N) is 2. The first kappa shape index (κ1) is 17.0. The average Bonchev–Trinajstić information content (AvgIpc) is 2.81. The second kappa shape index (κ2) is 6.81. The molecule has 6 heteroatoms. The highest BCUT2D eigenvalue weighted by Crippen LogP contribution is 2.23. The first-order valence-electron chi connectivity index (χ1n) is 7.57. The summed E-state index contributed by atoms with van der Waals surface area (Å²) < 4.78 is 20.3. The zero-order chi connectivity index (χ0) is 17.1. The number of hydrogen-bond donors (Lipinski definition) is 1. The zero-order valence-corrected chi connectivity index (χ0v) is 14.1. The summed E-state index contributed by atoms with van der Waals surface area (Å²) >= 11 is 0. The average molecular weight is 319 g/mol. The molecule has 0 saturated heterocycles. The van der Waals surface area contributed by atoms with Crippen LogP contribution in [0.4, 0.5) is 4.39 Å². The van der Waals surface area contributed by atoms with Crippen molar-refractivity contribution in [1.82, 2.24) is 15.1 Å². The molecule has 23 heavy (non-hydrogen) atoms. The maximum atomic E-state index is 13.4. The van der Waals surface area contributed by atoms with E-state index in [9.17, 15) is 9.18 Å². The summed E-state index contributed by atoms with van der Waals surface area (Å²) in [6.07, 6.45) is 0. The van der Waals surface area contributed by atoms with E-state index in [0.717, 1.165) is 23.5 Å². The van der Waals surface area contributed by atoms with E-state index in [0.29, 0.717) is 5.56 Å². The van der Waals surface area contributed by atoms with Gasteiger partial charge < -0.3 is 10.1 Å². The van der Waals surface area contributed by atoms with Gasteiger partial charge in [-0.15, -0.1) is 0 Å². The van der Waals surface area contributed by atoms with E-state index in [1.807, 2.05) is 32.4 Å². The van der Waals surface area contributed by atoms with E-state index in [4.69, 9.17) is 4.74 Å². The highest BCUT2D eigenvalue weighted by atomic mass is 19.1. The number of benzene rings is 1. The maximum Gasteiger partial charge on any atom is 0.251 e. The third kappa shape index (κ3) is 3.36. The summed E-state index contributed by atoms with van der Waals surface area (Å²) in [6.45, 7) is 8.63. The molecule has 1 heterocycles. The van der Waals surface area contributed by atoms with Gasteiger partial charge in [0.25, 0.3) is 5.91 Å². The lowest BCUT2D eigenvalue weighted by Crippen LogP contribution is -2.27. The molecule has 1 atom stereocenters. The molecule has 0 aliphatic heterocycles. The molecule has 0 fully saturated rings. The van der Waals surface area contributed by atoms with Gasteiger partial charge >= 0.3 is 0 Å². The van der Waals surface area contributed by atoms with Gasteiger partial charge in [0.1, 0.15) is 0 Å². The molecule has 0 bridgehead atoms. The smallest absolute Gasteiger partial charge is 0.251 e. The molecule has 1 N–H and O–H groups in total. The molecule has 0 radical (unpaired) electrons. The molecular formula is C17H22FN3O2. The van der Waals surface area contributed by atoms with Gasteiger partial charge in [-0.05, 0) is 45.9 Å². The minimum absolute atomic E-state index is 0.0523. The predicted molar refractivity (Wildman–Crippen MR) is 86.2 cm³/mol. The number of carbonyl (C=O) groups is 1. The van der Waals surface area contributed by atoms with Crippen LogP contribution >= 0.6 is 0 Å². The fourth-order valence-electron chi connectivity index (χ4n) is 2.80. The van der Waals surface area contributed by atoms with Gasteiger partial charge in [-0.25, -0.2) is 4.39 Å². The predicted octanol–water partition coefficient (Wildman–Crippen LogP) is 3.16. The molecule has 0 saturated carbocycles. The Hall–Kier alpha value is -2.37. The molecular weight excluding hydrogens is 297 g/mol. The number of aromatic nitrogens is 2. The van der Waals surface area contributed by atoms with Crippen LogP contribution in [-0.4, -0.2) is 22.8 Å². The van der Waals surface area contributed by atoms with Gasteiger partial charge in [0.05, 0.1) is 18.8 Å². The Balaban J connectivity index is 2.22. The third-order valence-corrected chi connectivity index (χ3v) is 3.93. The minimum atomic E-state index is -0.493. The van der Waals surface area contributed by atoms with Crippen LogP contribution in [0.15, 0.2) is 18.2 Å². The van der Waals surface area contributed by atoms with Crippen molar-refractivity contribution in [2.75, 3.05) is 7.11 Å². The molecule has 1 aromatic heterocycles. The van der Waals surface area contributed by atoms with Gasteiger partial charge in [-0.1, -0.05) is 0 Å². The minimum Gasteiger partial charge on any atom is -0.494 e. The van der Waals surface area contributed by atoms with Gasteiger partial charge in [-0.3, -0.25) is 9.48 Å². The van der Waals surface area contributed by atoms with Crippen molar-refractivity contribution in [2.24, 2.45) is 0 Å². The molecule has 2 aromatic rings. The Bertz CT molecular complexity index is 725. The maximum absolute atomic E-state index is 13.4. The molecule has 0 spiro atoms. The Morgan fingerprint density at radius 2 is 2.13 bits per heavy atom. The van der Waals surface area contributed by atoms with Crippen LogP contribution in [0.5, 0.6) is 5.75 Å². The highest BCUT2D eigenvalue weighted by Gasteiger charge is 2.20. The molecule has 1 unspecified atom stereocenters. The van der Waals surface area contributed by atoms with Crippen LogP contribution in [-0.2, 0) is 6.54 Å².